The Morgan fingerprint density at radius 1 is 0.742 bits per heavy atom. The molecule has 0 unspecified atom stereocenters. The van der Waals surface area contributed by atoms with Crippen LogP contribution < -0.4 is 10.6 Å². The van der Waals surface area contributed by atoms with Crippen LogP contribution in [-0.2, 0) is 14.3 Å². The number of benzene rings is 2. The van der Waals surface area contributed by atoms with E-state index < -0.39 is 0 Å². The molecule has 4 aromatic rings. The Bertz CT molecular complexity index is 1060. The molecule has 2 heterocycles. The Labute approximate surface area is 177 Å². The van der Waals surface area contributed by atoms with Crippen LogP contribution in [0.15, 0.2) is 73.3 Å². The molecule has 9 heteroatoms. The van der Waals surface area contributed by atoms with Crippen molar-refractivity contribution in [3.05, 3.63) is 73.3 Å². The van der Waals surface area contributed by atoms with E-state index in [9.17, 15) is 9.59 Å². The molecule has 0 fully saturated rings. The molecule has 0 aliphatic heterocycles. The van der Waals surface area contributed by atoms with E-state index in [1.54, 1.807) is 36.9 Å². The summed E-state index contributed by atoms with van der Waals surface area (Å²) in [6, 6.07) is 14.6. The van der Waals surface area contributed by atoms with Crippen molar-refractivity contribution in [3.63, 3.8) is 0 Å². The largest absolute Gasteiger partial charge is 0.362 e. The molecule has 0 saturated heterocycles. The van der Waals surface area contributed by atoms with Gasteiger partial charge >= 0.3 is 0 Å². The van der Waals surface area contributed by atoms with Crippen molar-refractivity contribution in [1.29, 1.82) is 0 Å². The van der Waals surface area contributed by atoms with Gasteiger partial charge in [0, 0.05) is 35.9 Å². The third kappa shape index (κ3) is 5.03. The van der Waals surface area contributed by atoms with E-state index in [2.05, 4.69) is 30.6 Å². The van der Waals surface area contributed by atoms with Gasteiger partial charge in [-0.05, 0) is 24.3 Å². The lowest BCUT2D eigenvalue weighted by atomic mass is 10.1. The molecule has 0 saturated carbocycles. The minimum atomic E-state index is -0.372. The maximum atomic E-state index is 12.3. The van der Waals surface area contributed by atoms with E-state index in [0.29, 0.717) is 23.0 Å². The van der Waals surface area contributed by atoms with E-state index in [1.807, 2.05) is 36.4 Å². The maximum Gasteiger partial charge on any atom is 0.250 e. The average molecular weight is 416 g/mol. The summed E-state index contributed by atoms with van der Waals surface area (Å²) in [7, 11) is 0. The number of nitrogens with zero attached hydrogens (tertiary/aromatic N) is 2. The molecule has 156 valence electrons. The Balaban J connectivity index is 1.30. The Morgan fingerprint density at radius 3 is 1.61 bits per heavy atom. The minimum Gasteiger partial charge on any atom is -0.362 e. The summed E-state index contributed by atoms with van der Waals surface area (Å²) in [6.45, 7) is -0.528. The van der Waals surface area contributed by atoms with Crippen LogP contribution in [-0.4, -0.2) is 45.0 Å². The summed E-state index contributed by atoms with van der Waals surface area (Å²) >= 11 is 0. The van der Waals surface area contributed by atoms with Gasteiger partial charge < -0.3 is 25.3 Å². The summed E-state index contributed by atoms with van der Waals surface area (Å²) in [5.74, 6) is 0.545. The van der Waals surface area contributed by atoms with Crippen LogP contribution in [0.25, 0.3) is 22.8 Å². The highest BCUT2D eigenvalue weighted by atomic mass is 16.5. The zero-order valence-electron chi connectivity index (χ0n) is 16.5. The van der Waals surface area contributed by atoms with E-state index in [0.717, 1.165) is 11.1 Å². The first kappa shape index (κ1) is 20.0. The smallest absolute Gasteiger partial charge is 0.250 e. The van der Waals surface area contributed by atoms with Crippen molar-refractivity contribution in [2.45, 2.75) is 0 Å². The fourth-order valence-electron chi connectivity index (χ4n) is 3.03. The van der Waals surface area contributed by atoms with Crippen LogP contribution in [0.5, 0.6) is 0 Å². The molecule has 4 N–H and O–H groups in total. The molecule has 2 amide bonds. The van der Waals surface area contributed by atoms with Crippen LogP contribution >= 0.6 is 0 Å². The predicted molar refractivity (Wildman–Crippen MR) is 116 cm³/mol. The Hall–Kier alpha value is -4.24. The van der Waals surface area contributed by atoms with E-state index in [4.69, 9.17) is 4.74 Å². The van der Waals surface area contributed by atoms with Crippen LogP contribution in [0.4, 0.5) is 11.4 Å². The summed E-state index contributed by atoms with van der Waals surface area (Å²) in [4.78, 5) is 39.0. The molecular formula is C22H20N6O3. The van der Waals surface area contributed by atoms with Crippen LogP contribution in [0.3, 0.4) is 0 Å². The number of imidazole rings is 2. The number of anilines is 2. The normalized spacial score (nSPS) is 10.6. The average Bonchev–Trinajstić information content (AvgIpc) is 3.49. The molecule has 0 spiro atoms. The first-order chi connectivity index (χ1) is 15.2. The SMILES string of the molecule is O=C(COCC(=O)Nc1ccccc1-c1ncc[nH]1)Nc1ccccc1-c1ncc[nH]1. The molecule has 0 bridgehead atoms. The number of H-pyrrole nitrogens is 2. The molecule has 0 aliphatic carbocycles. The summed E-state index contributed by atoms with van der Waals surface area (Å²) in [5.41, 5.74) is 2.71. The molecule has 0 atom stereocenters. The number of rotatable bonds is 8. The number of nitrogens with one attached hydrogen (secondary N) is 4. The molecular weight excluding hydrogens is 396 g/mol. The van der Waals surface area contributed by atoms with Crippen LogP contribution in [0.1, 0.15) is 0 Å². The van der Waals surface area contributed by atoms with Gasteiger partial charge in [0.15, 0.2) is 0 Å². The predicted octanol–water partition coefficient (Wildman–Crippen LogP) is 3.06. The zero-order valence-corrected chi connectivity index (χ0v) is 16.5. The number of carbonyl (C=O) groups is 2. The van der Waals surface area contributed by atoms with E-state index in [1.165, 1.54) is 0 Å². The lowest BCUT2D eigenvalue weighted by Gasteiger charge is -2.11. The summed E-state index contributed by atoms with van der Waals surface area (Å²) in [5, 5.41) is 5.56. The third-order valence-corrected chi connectivity index (χ3v) is 4.38. The number of amides is 2. The lowest BCUT2D eigenvalue weighted by molar-refractivity contribution is -0.125. The summed E-state index contributed by atoms with van der Waals surface area (Å²) in [6.07, 6.45) is 6.69. The quantitative estimate of drug-likeness (QED) is 0.351. The third-order valence-electron chi connectivity index (χ3n) is 4.38. The Morgan fingerprint density at radius 2 is 1.19 bits per heavy atom. The van der Waals surface area contributed by atoms with Crippen molar-refractivity contribution in [2.75, 3.05) is 23.8 Å². The van der Waals surface area contributed by atoms with Crippen molar-refractivity contribution in [2.24, 2.45) is 0 Å². The van der Waals surface area contributed by atoms with Gasteiger partial charge in [-0.15, -0.1) is 0 Å². The number of aromatic nitrogens is 4. The fourth-order valence-corrected chi connectivity index (χ4v) is 3.03. The highest BCUT2D eigenvalue weighted by molar-refractivity contribution is 5.97. The highest BCUT2D eigenvalue weighted by Crippen LogP contribution is 2.25. The van der Waals surface area contributed by atoms with Gasteiger partial charge in [0.2, 0.25) is 11.8 Å². The Kier molecular flexibility index (Phi) is 6.15. The summed E-state index contributed by atoms with van der Waals surface area (Å²) < 4.78 is 5.29. The van der Waals surface area contributed by atoms with Gasteiger partial charge in [-0.3, -0.25) is 9.59 Å². The number of para-hydroxylation sites is 2. The number of aromatic amines is 2. The number of carbonyl (C=O) groups excluding carboxylic acids is 2. The zero-order chi connectivity index (χ0) is 21.5. The molecule has 0 radical (unpaired) electrons. The van der Waals surface area contributed by atoms with Gasteiger partial charge in [-0.25, -0.2) is 9.97 Å². The molecule has 31 heavy (non-hydrogen) atoms. The van der Waals surface area contributed by atoms with Gasteiger partial charge in [-0.1, -0.05) is 24.3 Å². The number of ether oxygens (including phenoxy) is 1. The number of hydrogen-bond donors (Lipinski definition) is 4. The fraction of sp³-hybridized carbons (Fsp3) is 0.0909. The van der Waals surface area contributed by atoms with Crippen molar-refractivity contribution in [3.8, 4) is 22.8 Å². The molecule has 2 aromatic carbocycles. The molecule has 2 aromatic heterocycles. The van der Waals surface area contributed by atoms with Gasteiger partial charge in [0.1, 0.15) is 24.9 Å². The second kappa shape index (κ2) is 9.51. The van der Waals surface area contributed by atoms with Gasteiger partial charge in [-0.2, -0.15) is 0 Å². The molecule has 4 rings (SSSR count). The molecule has 9 nitrogen and oxygen atoms in total. The standard InChI is InChI=1S/C22H20N6O3/c29-19(27-17-7-3-1-5-15(17)21-23-9-10-24-21)13-31-14-20(30)28-18-8-4-2-6-16(18)22-25-11-12-26-22/h1-12H,13-14H2,(H,23,24)(H,25,26)(H,27,29)(H,28,30). The van der Waals surface area contributed by atoms with Crippen molar-refractivity contribution >= 4 is 23.2 Å². The lowest BCUT2D eigenvalue weighted by Crippen LogP contribution is -2.24. The number of hydrogen-bond acceptors (Lipinski definition) is 5. The highest BCUT2D eigenvalue weighted by Gasteiger charge is 2.12. The van der Waals surface area contributed by atoms with Gasteiger partial charge in [0.05, 0.1) is 11.4 Å². The topological polar surface area (TPSA) is 125 Å². The maximum absolute atomic E-state index is 12.3. The van der Waals surface area contributed by atoms with Crippen LogP contribution in [0, 0.1) is 0 Å². The van der Waals surface area contributed by atoms with Gasteiger partial charge in [0.25, 0.3) is 0 Å². The van der Waals surface area contributed by atoms with Crippen molar-refractivity contribution in [1.82, 2.24) is 19.9 Å². The first-order valence-electron chi connectivity index (χ1n) is 9.56. The van der Waals surface area contributed by atoms with E-state index >= 15 is 0 Å². The first-order valence-corrected chi connectivity index (χ1v) is 9.56. The molecule has 0 aliphatic rings. The van der Waals surface area contributed by atoms with Crippen molar-refractivity contribution < 1.29 is 14.3 Å². The minimum absolute atomic E-state index is 0.264. The second-order valence-corrected chi connectivity index (χ2v) is 6.56. The van der Waals surface area contributed by atoms with Crippen LogP contribution in [0.2, 0.25) is 0 Å². The monoisotopic (exact) mass is 416 g/mol. The van der Waals surface area contributed by atoms with E-state index in [-0.39, 0.29) is 25.0 Å². The second-order valence-electron chi connectivity index (χ2n) is 6.56.